The van der Waals surface area contributed by atoms with Crippen LogP contribution in [-0.2, 0) is 0 Å². The van der Waals surface area contributed by atoms with E-state index in [2.05, 4.69) is 0 Å². The summed E-state index contributed by atoms with van der Waals surface area (Å²) in [6.45, 7) is 2.25. The average molecular weight is 305 g/mol. The Hall–Kier alpha value is -2.43. The summed E-state index contributed by atoms with van der Waals surface area (Å²) in [4.78, 5) is 13.6. The van der Waals surface area contributed by atoms with Crippen molar-refractivity contribution in [3.8, 4) is 5.75 Å². The van der Waals surface area contributed by atoms with Crippen LogP contribution in [0.25, 0.3) is 0 Å². The molecule has 1 amide bonds. The molecule has 0 saturated heterocycles. The zero-order valence-electron chi connectivity index (χ0n) is 12.5. The van der Waals surface area contributed by atoms with Crippen LogP contribution in [0.2, 0.25) is 0 Å². The van der Waals surface area contributed by atoms with Gasteiger partial charge in [-0.1, -0.05) is 6.07 Å². The van der Waals surface area contributed by atoms with E-state index in [1.165, 1.54) is 35.2 Å². The predicted octanol–water partition coefficient (Wildman–Crippen LogP) is 3.42. The number of aryl methyl sites for hydroxylation is 1. The van der Waals surface area contributed by atoms with E-state index in [4.69, 9.17) is 4.74 Å². The van der Waals surface area contributed by atoms with Crippen LogP contribution in [0.3, 0.4) is 0 Å². The minimum Gasteiger partial charge on any atom is -0.492 e. The molecule has 0 saturated carbocycles. The third-order valence-electron chi connectivity index (χ3n) is 3.27. The highest BCUT2D eigenvalue weighted by Crippen LogP contribution is 2.12. The van der Waals surface area contributed by atoms with Crippen molar-refractivity contribution in [1.82, 2.24) is 4.90 Å². The Morgan fingerprint density at radius 1 is 1.14 bits per heavy atom. The maximum Gasteiger partial charge on any atom is 0.253 e. The zero-order valence-corrected chi connectivity index (χ0v) is 12.5. The lowest BCUT2D eigenvalue weighted by Gasteiger charge is -2.17. The summed E-state index contributed by atoms with van der Waals surface area (Å²) in [5.41, 5.74) is 0.797. The first-order valence-corrected chi connectivity index (χ1v) is 6.87. The summed E-state index contributed by atoms with van der Waals surface area (Å²) in [6.07, 6.45) is 0. The molecule has 0 heterocycles. The Bertz CT molecular complexity index is 656. The summed E-state index contributed by atoms with van der Waals surface area (Å²) in [5.74, 6) is -0.479. The third-order valence-corrected chi connectivity index (χ3v) is 3.27. The van der Waals surface area contributed by atoms with Crippen LogP contribution in [0.1, 0.15) is 15.9 Å². The molecule has 0 radical (unpaired) electrons. The zero-order chi connectivity index (χ0) is 16.1. The fraction of sp³-hybridized carbons (Fsp3) is 0.235. The van der Waals surface area contributed by atoms with Gasteiger partial charge in [-0.3, -0.25) is 4.79 Å². The number of carbonyl (C=O) groups is 1. The van der Waals surface area contributed by atoms with Crippen LogP contribution in [0.5, 0.6) is 5.75 Å². The summed E-state index contributed by atoms with van der Waals surface area (Å²) in [5, 5.41) is 0. The molecule has 0 spiro atoms. The Morgan fingerprint density at radius 3 is 2.45 bits per heavy atom. The molecule has 0 aliphatic carbocycles. The number of hydrogen-bond acceptors (Lipinski definition) is 2. The molecule has 0 bridgehead atoms. The molecule has 0 atom stereocenters. The molecule has 0 aliphatic heterocycles. The largest absolute Gasteiger partial charge is 0.492 e. The molecule has 5 heteroatoms. The SMILES string of the molecule is Cc1ccc(C(=O)N(C)CCOc2ccc(F)cc2)cc1F. The second kappa shape index (κ2) is 7.02. The minimum atomic E-state index is -0.401. The van der Waals surface area contributed by atoms with Gasteiger partial charge in [-0.05, 0) is 48.9 Å². The monoisotopic (exact) mass is 305 g/mol. The lowest BCUT2D eigenvalue weighted by Crippen LogP contribution is -2.31. The quantitative estimate of drug-likeness (QED) is 0.847. The van der Waals surface area contributed by atoms with Crippen LogP contribution >= 0.6 is 0 Å². The lowest BCUT2D eigenvalue weighted by atomic mass is 10.1. The van der Waals surface area contributed by atoms with Crippen molar-refractivity contribution >= 4 is 5.91 Å². The topological polar surface area (TPSA) is 29.5 Å². The number of carbonyl (C=O) groups excluding carboxylic acids is 1. The van der Waals surface area contributed by atoms with E-state index in [0.29, 0.717) is 23.4 Å². The maximum absolute atomic E-state index is 13.5. The summed E-state index contributed by atoms with van der Waals surface area (Å²) >= 11 is 0. The predicted molar refractivity (Wildman–Crippen MR) is 80.0 cm³/mol. The first kappa shape index (κ1) is 15.9. The highest BCUT2D eigenvalue weighted by molar-refractivity contribution is 5.94. The van der Waals surface area contributed by atoms with Crippen molar-refractivity contribution < 1.29 is 18.3 Å². The van der Waals surface area contributed by atoms with Gasteiger partial charge in [0.05, 0.1) is 6.54 Å². The van der Waals surface area contributed by atoms with Gasteiger partial charge in [-0.15, -0.1) is 0 Å². The molecule has 0 N–H and O–H groups in total. The fourth-order valence-corrected chi connectivity index (χ4v) is 1.88. The number of benzene rings is 2. The Balaban J connectivity index is 1.88. The van der Waals surface area contributed by atoms with Gasteiger partial charge in [-0.2, -0.15) is 0 Å². The van der Waals surface area contributed by atoms with E-state index in [0.717, 1.165) is 0 Å². The molecule has 3 nitrogen and oxygen atoms in total. The first-order chi connectivity index (χ1) is 10.5. The smallest absolute Gasteiger partial charge is 0.253 e. The number of rotatable bonds is 5. The minimum absolute atomic E-state index is 0.266. The molecule has 2 aromatic carbocycles. The van der Waals surface area contributed by atoms with Crippen LogP contribution in [0.15, 0.2) is 42.5 Å². The van der Waals surface area contributed by atoms with Gasteiger partial charge < -0.3 is 9.64 Å². The molecule has 22 heavy (non-hydrogen) atoms. The van der Waals surface area contributed by atoms with Gasteiger partial charge >= 0.3 is 0 Å². The van der Waals surface area contributed by atoms with Gasteiger partial charge in [-0.25, -0.2) is 8.78 Å². The molecule has 0 unspecified atom stereocenters. The Morgan fingerprint density at radius 2 is 1.82 bits per heavy atom. The van der Waals surface area contributed by atoms with Crippen molar-refractivity contribution in [1.29, 1.82) is 0 Å². The van der Waals surface area contributed by atoms with Gasteiger partial charge in [0.1, 0.15) is 24.0 Å². The number of ether oxygens (including phenoxy) is 1. The molecule has 0 fully saturated rings. The van der Waals surface area contributed by atoms with E-state index >= 15 is 0 Å². The average Bonchev–Trinajstić information content (AvgIpc) is 2.51. The van der Waals surface area contributed by atoms with Crippen LogP contribution < -0.4 is 4.74 Å². The fourth-order valence-electron chi connectivity index (χ4n) is 1.88. The number of halogens is 2. The Labute approximate surface area is 128 Å². The third kappa shape index (κ3) is 4.04. The van der Waals surface area contributed by atoms with Gasteiger partial charge in [0, 0.05) is 12.6 Å². The van der Waals surface area contributed by atoms with Crippen LogP contribution in [-0.4, -0.2) is 31.0 Å². The second-order valence-corrected chi connectivity index (χ2v) is 4.99. The molecule has 0 aromatic heterocycles. The molecule has 2 rings (SSSR count). The molecular weight excluding hydrogens is 288 g/mol. The van der Waals surface area contributed by atoms with Crippen molar-refractivity contribution in [2.24, 2.45) is 0 Å². The molecule has 116 valence electrons. The van der Waals surface area contributed by atoms with E-state index in [-0.39, 0.29) is 18.3 Å². The van der Waals surface area contributed by atoms with Gasteiger partial charge in [0.15, 0.2) is 0 Å². The number of hydrogen-bond donors (Lipinski definition) is 0. The summed E-state index contributed by atoms with van der Waals surface area (Å²) < 4.78 is 31.7. The molecule has 0 aliphatic rings. The van der Waals surface area contributed by atoms with E-state index in [9.17, 15) is 13.6 Å². The number of nitrogens with zero attached hydrogens (tertiary/aromatic N) is 1. The standard InChI is InChI=1S/C17H17F2NO2/c1-12-3-4-13(11-16(12)19)17(21)20(2)9-10-22-15-7-5-14(18)6-8-15/h3-8,11H,9-10H2,1-2H3. The highest BCUT2D eigenvalue weighted by atomic mass is 19.1. The van der Waals surface area contributed by atoms with Crippen molar-refractivity contribution in [3.63, 3.8) is 0 Å². The lowest BCUT2D eigenvalue weighted by molar-refractivity contribution is 0.0773. The maximum atomic E-state index is 13.5. The number of amides is 1. The van der Waals surface area contributed by atoms with E-state index in [1.54, 1.807) is 26.1 Å². The molecular formula is C17H17F2NO2. The molecule has 2 aromatic rings. The normalized spacial score (nSPS) is 10.4. The van der Waals surface area contributed by atoms with Crippen molar-refractivity contribution in [3.05, 3.63) is 65.2 Å². The van der Waals surface area contributed by atoms with E-state index in [1.807, 2.05) is 0 Å². The Kier molecular flexibility index (Phi) is 5.09. The van der Waals surface area contributed by atoms with Crippen LogP contribution in [0.4, 0.5) is 8.78 Å². The van der Waals surface area contributed by atoms with Crippen LogP contribution in [0, 0.1) is 18.6 Å². The van der Waals surface area contributed by atoms with Gasteiger partial charge in [0.25, 0.3) is 5.91 Å². The number of likely N-dealkylation sites (N-methyl/N-ethyl adjacent to an activating group) is 1. The second-order valence-electron chi connectivity index (χ2n) is 4.99. The van der Waals surface area contributed by atoms with Crippen molar-refractivity contribution in [2.45, 2.75) is 6.92 Å². The van der Waals surface area contributed by atoms with E-state index < -0.39 is 5.82 Å². The summed E-state index contributed by atoms with van der Waals surface area (Å²) in [6, 6.07) is 10.1. The highest BCUT2D eigenvalue weighted by Gasteiger charge is 2.13. The van der Waals surface area contributed by atoms with Gasteiger partial charge in [0.2, 0.25) is 0 Å². The summed E-state index contributed by atoms with van der Waals surface area (Å²) in [7, 11) is 1.62. The first-order valence-electron chi connectivity index (χ1n) is 6.87. The van der Waals surface area contributed by atoms with Crippen molar-refractivity contribution in [2.75, 3.05) is 20.2 Å².